The van der Waals surface area contributed by atoms with Crippen molar-refractivity contribution in [1.82, 2.24) is 4.98 Å². The van der Waals surface area contributed by atoms with E-state index in [0.29, 0.717) is 0 Å². The van der Waals surface area contributed by atoms with Gasteiger partial charge in [-0.2, -0.15) is 0 Å². The van der Waals surface area contributed by atoms with Gasteiger partial charge >= 0.3 is 87.6 Å². The maximum Gasteiger partial charge on any atom is 0.0267 e. The zero-order valence-electron chi connectivity index (χ0n) is 10.1. The Balaban J connectivity index is 0. The minimum Gasteiger partial charge on any atom is -0.265 e. The van der Waals surface area contributed by atoms with Crippen LogP contribution in [-0.4, -0.2) is 18.6 Å². The Labute approximate surface area is 145 Å². The fourth-order valence-corrected chi connectivity index (χ4v) is 5.61. The summed E-state index contributed by atoms with van der Waals surface area (Å²) in [5.74, 6) is 0. The van der Waals surface area contributed by atoms with Gasteiger partial charge in [0.05, 0.1) is 0 Å². The van der Waals surface area contributed by atoms with E-state index >= 15 is 0 Å². The molecule has 4 nitrogen and oxygen atoms in total. The molecule has 0 saturated heterocycles. The number of hydrogen-bond acceptors (Lipinski definition) is 3. The smallest absolute Gasteiger partial charge is 0.0267 e. The van der Waals surface area contributed by atoms with E-state index in [-0.39, 0.29) is 0 Å². The van der Waals surface area contributed by atoms with E-state index in [9.17, 15) is 0 Å². The summed E-state index contributed by atoms with van der Waals surface area (Å²) in [4.78, 5) is 18.8. The van der Waals surface area contributed by atoms with Gasteiger partial charge in [-0.1, -0.05) is 6.07 Å². The summed E-state index contributed by atoms with van der Waals surface area (Å²) in [6, 6.07) is 15.9. The largest absolute Gasteiger partial charge is 0.265 e. The Morgan fingerprint density at radius 3 is 1.60 bits per heavy atom. The molecule has 2 radical (unpaired) electrons. The molecular formula is C13H10I2N2O2W-. The molecule has 1 heterocycles. The Bertz CT molecular complexity index is 481. The summed E-state index contributed by atoms with van der Waals surface area (Å²) in [7, 11) is -1.30. The number of hydrogen-bond donors (Lipinski definition) is 0. The summed E-state index contributed by atoms with van der Waals surface area (Å²) < 4.78 is 4.53. The van der Waals surface area contributed by atoms with E-state index in [4.69, 9.17) is 9.59 Å². The van der Waals surface area contributed by atoms with Gasteiger partial charge in [-0.3, -0.25) is 4.98 Å². The SMILES string of the molecule is [C-]=O.[C-]=O.[I][W]([I])#[N+]c1ccccc1.c1ccncc1. The minimum absolute atomic E-state index is 1.14. The van der Waals surface area contributed by atoms with E-state index in [1.54, 1.807) is 12.4 Å². The van der Waals surface area contributed by atoms with Crippen LogP contribution in [0.1, 0.15) is 0 Å². The van der Waals surface area contributed by atoms with Crippen molar-refractivity contribution < 1.29 is 19.2 Å². The summed E-state index contributed by atoms with van der Waals surface area (Å²) in [6.07, 6.45) is 3.50. The van der Waals surface area contributed by atoms with Gasteiger partial charge in [-0.05, 0) is 12.1 Å². The molecule has 0 spiro atoms. The van der Waals surface area contributed by atoms with E-state index in [2.05, 4.69) is 72.7 Å². The average molecular weight is 664 g/mol. The van der Waals surface area contributed by atoms with Crippen LogP contribution >= 0.6 is 38.7 Å². The standard InChI is InChI=1S/C6H5N.C5H5N.2CO.2HI.W/c7-6-4-2-1-3-5-6;1-2-4-6-5-3-1;2*1-2;;;/h1-5H;1-5H;;;2*1H;/q+1;;2*-1;;;+2/p-2. The van der Waals surface area contributed by atoms with E-state index < -0.39 is 9.58 Å². The molecule has 0 amide bonds. The summed E-state index contributed by atoms with van der Waals surface area (Å²) in [6.45, 7) is 9.00. The van der Waals surface area contributed by atoms with Gasteiger partial charge in [0.2, 0.25) is 0 Å². The fraction of sp³-hybridized carbons (Fsp3) is 0. The molecule has 0 saturated carbocycles. The van der Waals surface area contributed by atoms with Gasteiger partial charge < -0.3 is 23.2 Å². The zero-order valence-corrected chi connectivity index (χ0v) is 17.4. The van der Waals surface area contributed by atoms with Crippen LogP contribution in [0.4, 0.5) is 5.69 Å². The molecule has 0 aliphatic carbocycles. The number of nitrogens with zero attached hydrogens (tertiary/aromatic N) is 2. The second kappa shape index (κ2) is 18.6. The molecule has 7 heteroatoms. The van der Waals surface area contributed by atoms with Gasteiger partial charge in [0, 0.05) is 12.4 Å². The van der Waals surface area contributed by atoms with Gasteiger partial charge in [0.25, 0.3) is 0 Å². The Kier molecular flexibility index (Phi) is 20.3. The first-order valence-electron chi connectivity index (χ1n) is 4.88. The van der Waals surface area contributed by atoms with Crippen LogP contribution in [0.3, 0.4) is 0 Å². The van der Waals surface area contributed by atoms with Crippen LogP contribution in [0.5, 0.6) is 0 Å². The Morgan fingerprint density at radius 2 is 1.30 bits per heavy atom. The molecule has 0 aliphatic heterocycles. The third-order valence-electron chi connectivity index (χ3n) is 1.50. The van der Waals surface area contributed by atoms with Crippen molar-refractivity contribution in [1.29, 1.82) is 0 Å². The van der Waals surface area contributed by atoms with Crippen LogP contribution in [-0.2, 0) is 19.2 Å². The number of rotatable bonds is 0. The van der Waals surface area contributed by atoms with Gasteiger partial charge in [0.15, 0.2) is 0 Å². The number of halogens is 2. The topological polar surface area (TPSA) is 51.4 Å². The van der Waals surface area contributed by atoms with Crippen LogP contribution in [0.2, 0.25) is 0 Å². The summed E-state index contributed by atoms with van der Waals surface area (Å²) >= 11 is 4.92. The van der Waals surface area contributed by atoms with Gasteiger partial charge in [0.1, 0.15) is 0 Å². The predicted octanol–water partition coefficient (Wildman–Crippen LogP) is 4.21. The third-order valence-corrected chi connectivity index (χ3v) is 5.97. The molecule has 0 bridgehead atoms. The van der Waals surface area contributed by atoms with E-state index in [0.717, 1.165) is 5.69 Å². The van der Waals surface area contributed by atoms with Crippen molar-refractivity contribution in [3.05, 3.63) is 64.2 Å². The summed E-state index contributed by atoms with van der Waals surface area (Å²) in [5, 5.41) is 0. The third kappa shape index (κ3) is 15.6. The minimum atomic E-state index is -1.30. The Hall–Kier alpha value is -0.432. The number of aromatic nitrogens is 1. The first-order chi connectivity index (χ1) is 9.79. The molecule has 2 rings (SSSR count). The molecule has 0 unspecified atom stereocenters. The molecule has 2 aromatic rings. The second-order valence-electron chi connectivity index (χ2n) is 2.65. The van der Waals surface area contributed by atoms with E-state index in [1.165, 1.54) is 0 Å². The molecule has 1 aromatic heterocycles. The van der Waals surface area contributed by atoms with Crippen molar-refractivity contribution in [2.45, 2.75) is 0 Å². The molecule has 1 aromatic carbocycles. The van der Waals surface area contributed by atoms with Crippen molar-refractivity contribution in [3.8, 4) is 0 Å². The monoisotopic (exact) mass is 664 g/mol. The Morgan fingerprint density at radius 1 is 0.850 bits per heavy atom. The van der Waals surface area contributed by atoms with Crippen molar-refractivity contribution in [2.75, 3.05) is 0 Å². The van der Waals surface area contributed by atoms with Gasteiger partial charge in [-0.25, -0.2) is 0 Å². The second-order valence-corrected chi connectivity index (χ2v) is 32.2. The number of carbonyl (C=O) groups excluding carboxylic acids is 2. The molecule has 0 aliphatic rings. The van der Waals surface area contributed by atoms with Crippen molar-refractivity contribution in [3.63, 3.8) is 0 Å². The first kappa shape index (κ1) is 21.9. The molecule has 105 valence electrons. The summed E-state index contributed by atoms with van der Waals surface area (Å²) in [5.41, 5.74) is 1.14. The van der Waals surface area contributed by atoms with Crippen LogP contribution in [0, 0.1) is 0 Å². The van der Waals surface area contributed by atoms with Crippen LogP contribution < -0.4 is 0 Å². The maximum absolute atomic E-state index is 7.50. The van der Waals surface area contributed by atoms with Gasteiger partial charge in [-0.15, -0.1) is 0 Å². The van der Waals surface area contributed by atoms with Crippen molar-refractivity contribution in [2.24, 2.45) is 0 Å². The number of benzene rings is 1. The van der Waals surface area contributed by atoms with Crippen LogP contribution in [0.25, 0.3) is 3.31 Å². The quantitative estimate of drug-likeness (QED) is 0.314. The fourth-order valence-electron chi connectivity index (χ4n) is 0.881. The van der Waals surface area contributed by atoms with Crippen LogP contribution in [0.15, 0.2) is 60.9 Å². The molecular weight excluding hydrogens is 654 g/mol. The van der Waals surface area contributed by atoms with Crippen molar-refractivity contribution >= 4 is 58.0 Å². The normalized spacial score (nSPS) is 7.10. The molecule has 0 atom stereocenters. The molecule has 0 N–H and O–H groups in total. The molecule has 0 fully saturated rings. The first-order valence-corrected chi connectivity index (χ1v) is 22.8. The molecule has 20 heavy (non-hydrogen) atoms. The predicted molar refractivity (Wildman–Crippen MR) is 93.1 cm³/mol. The average Bonchev–Trinajstić information content (AvgIpc) is 2.54. The van der Waals surface area contributed by atoms with E-state index in [1.807, 2.05) is 36.4 Å². The number of pyridine rings is 1. The maximum atomic E-state index is 7.50. The zero-order chi connectivity index (χ0) is 15.6.